The number of para-hydroxylation sites is 2. The van der Waals surface area contributed by atoms with Gasteiger partial charge in [0.2, 0.25) is 5.89 Å². The second-order valence-electron chi connectivity index (χ2n) is 6.04. The van der Waals surface area contributed by atoms with E-state index in [1.807, 2.05) is 30.3 Å². The van der Waals surface area contributed by atoms with Gasteiger partial charge >= 0.3 is 0 Å². The van der Waals surface area contributed by atoms with Crippen molar-refractivity contribution in [1.82, 2.24) is 15.1 Å². The molecule has 0 saturated carbocycles. The number of rotatable bonds is 5. The second kappa shape index (κ2) is 7.77. The van der Waals surface area contributed by atoms with Crippen LogP contribution in [-0.4, -0.2) is 48.4 Å². The van der Waals surface area contributed by atoms with Gasteiger partial charge < -0.3 is 14.1 Å². The number of benzene rings is 1. The van der Waals surface area contributed by atoms with Crippen LogP contribution in [0, 0.1) is 0 Å². The topological polar surface area (TPSA) is 54.6 Å². The van der Waals surface area contributed by atoms with Gasteiger partial charge in [0.15, 0.2) is 0 Å². The quantitative estimate of drug-likeness (QED) is 0.606. The van der Waals surface area contributed by atoms with Crippen LogP contribution in [0.25, 0.3) is 10.8 Å². The average molecular weight is 435 g/mol. The smallest absolute Gasteiger partial charge is 0.257 e. The molecule has 6 nitrogen and oxygen atoms in total. The van der Waals surface area contributed by atoms with Gasteiger partial charge in [0.05, 0.1) is 28.0 Å². The molecule has 1 saturated heterocycles. The van der Waals surface area contributed by atoms with Gasteiger partial charge in [0, 0.05) is 26.2 Å². The highest BCUT2D eigenvalue weighted by molar-refractivity contribution is 9.11. The average Bonchev–Trinajstić information content (AvgIpc) is 3.31. The predicted molar refractivity (Wildman–Crippen MR) is 106 cm³/mol. The Bertz CT molecular complexity index is 873. The molecular weight excluding hydrogens is 416 g/mol. The third-order valence-electron chi connectivity index (χ3n) is 4.41. The molecule has 0 unspecified atom stereocenters. The van der Waals surface area contributed by atoms with E-state index < -0.39 is 0 Å². The van der Waals surface area contributed by atoms with Gasteiger partial charge in [0.25, 0.3) is 5.89 Å². The largest absolute Gasteiger partial charge is 0.495 e. The van der Waals surface area contributed by atoms with Crippen LogP contribution in [0.5, 0.6) is 5.75 Å². The SMILES string of the molecule is COc1ccccc1N1CCN(Cc2nnc(-c3ccc(Br)s3)o2)CC1. The van der Waals surface area contributed by atoms with Crippen LogP contribution in [0.1, 0.15) is 5.89 Å². The fourth-order valence-corrected chi connectivity index (χ4v) is 4.38. The first-order valence-corrected chi connectivity index (χ1v) is 10.0. The lowest BCUT2D eigenvalue weighted by molar-refractivity contribution is 0.226. The van der Waals surface area contributed by atoms with Crippen LogP contribution in [0.2, 0.25) is 0 Å². The molecule has 0 spiro atoms. The Labute approximate surface area is 164 Å². The van der Waals surface area contributed by atoms with E-state index in [-0.39, 0.29) is 0 Å². The second-order valence-corrected chi connectivity index (χ2v) is 8.50. The maximum absolute atomic E-state index is 5.83. The molecule has 8 heteroatoms. The summed E-state index contributed by atoms with van der Waals surface area (Å²) >= 11 is 5.05. The van der Waals surface area contributed by atoms with E-state index in [4.69, 9.17) is 9.15 Å². The van der Waals surface area contributed by atoms with Crippen molar-refractivity contribution in [2.45, 2.75) is 6.54 Å². The summed E-state index contributed by atoms with van der Waals surface area (Å²) in [6.45, 7) is 4.46. The number of nitrogens with zero attached hydrogens (tertiary/aromatic N) is 4. The van der Waals surface area contributed by atoms with Crippen LogP contribution < -0.4 is 9.64 Å². The molecule has 0 amide bonds. The first kappa shape index (κ1) is 17.5. The molecule has 1 aliphatic rings. The zero-order valence-electron chi connectivity index (χ0n) is 14.4. The maximum Gasteiger partial charge on any atom is 0.257 e. The number of hydrogen-bond donors (Lipinski definition) is 0. The van der Waals surface area contributed by atoms with E-state index in [1.165, 1.54) is 0 Å². The van der Waals surface area contributed by atoms with Crippen molar-refractivity contribution >= 4 is 33.0 Å². The standard InChI is InChI=1S/C18H19BrN4O2S/c1-24-14-5-3-2-4-13(14)23-10-8-22(9-11-23)12-17-20-21-18(25-17)15-6-7-16(19)26-15/h2-7H,8-12H2,1H3. The Morgan fingerprint density at radius 1 is 1.12 bits per heavy atom. The molecule has 1 fully saturated rings. The lowest BCUT2D eigenvalue weighted by Gasteiger charge is -2.35. The minimum absolute atomic E-state index is 0.586. The molecule has 136 valence electrons. The minimum atomic E-state index is 0.586. The van der Waals surface area contributed by atoms with E-state index in [9.17, 15) is 0 Å². The highest BCUT2D eigenvalue weighted by Gasteiger charge is 2.21. The maximum atomic E-state index is 5.83. The van der Waals surface area contributed by atoms with E-state index in [0.717, 1.165) is 46.3 Å². The van der Waals surface area contributed by atoms with Crippen molar-refractivity contribution in [3.05, 3.63) is 46.1 Å². The van der Waals surface area contributed by atoms with Gasteiger partial charge in [-0.2, -0.15) is 0 Å². The predicted octanol–water partition coefficient (Wildman–Crippen LogP) is 3.89. The fourth-order valence-electron chi connectivity index (χ4n) is 3.08. The third kappa shape index (κ3) is 3.77. The lowest BCUT2D eigenvalue weighted by atomic mass is 10.2. The van der Waals surface area contributed by atoms with Crippen molar-refractivity contribution < 1.29 is 9.15 Å². The van der Waals surface area contributed by atoms with Gasteiger partial charge in [-0.05, 0) is 40.2 Å². The van der Waals surface area contributed by atoms with Gasteiger partial charge in [-0.15, -0.1) is 21.5 Å². The molecule has 0 atom stereocenters. The molecule has 1 aromatic carbocycles. The van der Waals surface area contributed by atoms with Gasteiger partial charge in [-0.3, -0.25) is 4.90 Å². The molecule has 0 N–H and O–H groups in total. The van der Waals surface area contributed by atoms with Crippen LogP contribution in [0.4, 0.5) is 5.69 Å². The Morgan fingerprint density at radius 3 is 2.65 bits per heavy atom. The molecule has 3 aromatic rings. The molecule has 26 heavy (non-hydrogen) atoms. The molecule has 1 aliphatic heterocycles. The fraction of sp³-hybridized carbons (Fsp3) is 0.333. The van der Waals surface area contributed by atoms with E-state index >= 15 is 0 Å². The van der Waals surface area contributed by atoms with Crippen molar-refractivity contribution in [3.8, 4) is 16.5 Å². The Morgan fingerprint density at radius 2 is 1.92 bits per heavy atom. The molecule has 0 bridgehead atoms. The summed E-state index contributed by atoms with van der Waals surface area (Å²) < 4.78 is 12.4. The molecule has 4 rings (SSSR count). The zero-order valence-corrected chi connectivity index (χ0v) is 16.8. The lowest BCUT2D eigenvalue weighted by Crippen LogP contribution is -2.46. The molecular formula is C18H19BrN4O2S. The monoisotopic (exact) mass is 434 g/mol. The van der Waals surface area contributed by atoms with Gasteiger partial charge in [-0.25, -0.2) is 0 Å². The summed E-state index contributed by atoms with van der Waals surface area (Å²) in [4.78, 5) is 5.68. The van der Waals surface area contributed by atoms with E-state index in [1.54, 1.807) is 18.4 Å². The molecule has 0 radical (unpaired) electrons. The summed E-state index contributed by atoms with van der Waals surface area (Å²) in [6.07, 6.45) is 0. The number of ether oxygens (including phenoxy) is 1. The number of hydrogen-bond acceptors (Lipinski definition) is 7. The Kier molecular flexibility index (Phi) is 5.23. The number of methoxy groups -OCH3 is 1. The summed E-state index contributed by atoms with van der Waals surface area (Å²) in [5.74, 6) is 2.17. The summed E-state index contributed by atoms with van der Waals surface area (Å²) in [5.41, 5.74) is 1.15. The first-order valence-electron chi connectivity index (χ1n) is 8.41. The highest BCUT2D eigenvalue weighted by Crippen LogP contribution is 2.31. The first-order chi connectivity index (χ1) is 12.7. The zero-order chi connectivity index (χ0) is 17.9. The van der Waals surface area contributed by atoms with Crippen molar-refractivity contribution in [2.75, 3.05) is 38.2 Å². The van der Waals surface area contributed by atoms with E-state index in [2.05, 4.69) is 42.0 Å². The Balaban J connectivity index is 1.36. The highest BCUT2D eigenvalue weighted by atomic mass is 79.9. The summed E-state index contributed by atoms with van der Waals surface area (Å²) in [6, 6.07) is 12.1. The number of anilines is 1. The van der Waals surface area contributed by atoms with E-state index in [0.29, 0.717) is 18.3 Å². The number of aromatic nitrogens is 2. The van der Waals surface area contributed by atoms with Gasteiger partial charge in [-0.1, -0.05) is 12.1 Å². The van der Waals surface area contributed by atoms with Gasteiger partial charge in [0.1, 0.15) is 5.75 Å². The Hall–Kier alpha value is -1.90. The van der Waals surface area contributed by atoms with Crippen LogP contribution in [-0.2, 0) is 6.54 Å². The van der Waals surface area contributed by atoms with Crippen molar-refractivity contribution in [1.29, 1.82) is 0 Å². The molecule has 2 aromatic heterocycles. The number of piperazine rings is 1. The minimum Gasteiger partial charge on any atom is -0.495 e. The van der Waals surface area contributed by atoms with Crippen LogP contribution in [0.15, 0.2) is 44.6 Å². The van der Waals surface area contributed by atoms with Crippen molar-refractivity contribution in [3.63, 3.8) is 0 Å². The summed E-state index contributed by atoms with van der Waals surface area (Å²) in [5, 5.41) is 8.37. The van der Waals surface area contributed by atoms with Crippen LogP contribution in [0.3, 0.4) is 0 Å². The third-order valence-corrected chi connectivity index (χ3v) is 6.02. The molecule has 3 heterocycles. The summed E-state index contributed by atoms with van der Waals surface area (Å²) in [7, 11) is 1.72. The van der Waals surface area contributed by atoms with Crippen molar-refractivity contribution in [2.24, 2.45) is 0 Å². The molecule has 0 aliphatic carbocycles. The number of thiophene rings is 1. The van der Waals surface area contributed by atoms with Crippen LogP contribution >= 0.6 is 27.3 Å². The normalized spacial score (nSPS) is 15.4. The number of halogens is 1.